The highest BCUT2D eigenvalue weighted by atomic mass is 15.1. The van der Waals surface area contributed by atoms with Gasteiger partial charge in [-0.2, -0.15) is 0 Å². The summed E-state index contributed by atoms with van der Waals surface area (Å²) < 4.78 is 0. The van der Waals surface area contributed by atoms with Crippen molar-refractivity contribution in [2.24, 2.45) is 0 Å². The maximum Gasteiger partial charge on any atom is 0.0410 e. The SMILES string of the molecule is C=C/C=C(\C=C/C)N(CC)c1ccccc1. The van der Waals surface area contributed by atoms with Gasteiger partial charge in [0.05, 0.1) is 0 Å². The normalized spacial score (nSPS) is 11.8. The molecule has 0 saturated carbocycles. The predicted octanol–water partition coefficient (Wildman–Crippen LogP) is 4.16. The van der Waals surface area contributed by atoms with Crippen molar-refractivity contribution < 1.29 is 0 Å². The van der Waals surface area contributed by atoms with Gasteiger partial charge in [0.25, 0.3) is 0 Å². The van der Waals surface area contributed by atoms with Crippen LogP contribution in [0.5, 0.6) is 0 Å². The number of benzene rings is 1. The molecule has 0 aliphatic heterocycles. The topological polar surface area (TPSA) is 3.24 Å². The molecule has 0 atom stereocenters. The quantitative estimate of drug-likeness (QED) is 0.664. The zero-order valence-electron chi connectivity index (χ0n) is 10.1. The van der Waals surface area contributed by atoms with Gasteiger partial charge in [-0.3, -0.25) is 0 Å². The lowest BCUT2D eigenvalue weighted by molar-refractivity contribution is 0.978. The van der Waals surface area contributed by atoms with Crippen molar-refractivity contribution in [2.75, 3.05) is 11.4 Å². The Kier molecular flexibility index (Phi) is 5.13. The zero-order valence-corrected chi connectivity index (χ0v) is 10.1. The number of hydrogen-bond donors (Lipinski definition) is 0. The third-order valence-corrected chi connectivity index (χ3v) is 2.32. The minimum Gasteiger partial charge on any atom is -0.342 e. The molecule has 0 heterocycles. The minimum atomic E-state index is 0.939. The molecule has 1 rings (SSSR count). The van der Waals surface area contributed by atoms with E-state index in [-0.39, 0.29) is 0 Å². The van der Waals surface area contributed by atoms with Crippen LogP contribution in [-0.4, -0.2) is 6.54 Å². The van der Waals surface area contributed by atoms with Crippen molar-refractivity contribution in [3.8, 4) is 0 Å². The molecule has 0 unspecified atom stereocenters. The van der Waals surface area contributed by atoms with Crippen LogP contribution >= 0.6 is 0 Å². The van der Waals surface area contributed by atoms with Crippen LogP contribution in [0.4, 0.5) is 5.69 Å². The second-order valence-electron chi connectivity index (χ2n) is 3.41. The average molecular weight is 213 g/mol. The van der Waals surface area contributed by atoms with E-state index in [1.165, 1.54) is 5.69 Å². The molecule has 1 aromatic carbocycles. The Morgan fingerprint density at radius 1 is 1.31 bits per heavy atom. The maximum absolute atomic E-state index is 3.76. The van der Waals surface area contributed by atoms with E-state index in [0.717, 1.165) is 12.2 Å². The van der Waals surface area contributed by atoms with Crippen molar-refractivity contribution in [2.45, 2.75) is 13.8 Å². The van der Waals surface area contributed by atoms with E-state index in [2.05, 4.69) is 48.7 Å². The van der Waals surface area contributed by atoms with Gasteiger partial charge in [-0.05, 0) is 38.1 Å². The lowest BCUT2D eigenvalue weighted by atomic mass is 10.2. The van der Waals surface area contributed by atoms with Crippen LogP contribution < -0.4 is 4.90 Å². The van der Waals surface area contributed by atoms with Crippen LogP contribution in [0.3, 0.4) is 0 Å². The van der Waals surface area contributed by atoms with Crippen LogP contribution in [-0.2, 0) is 0 Å². The van der Waals surface area contributed by atoms with Gasteiger partial charge >= 0.3 is 0 Å². The summed E-state index contributed by atoms with van der Waals surface area (Å²) in [6.07, 6.45) is 7.98. The number of anilines is 1. The maximum atomic E-state index is 3.76. The molecular formula is C15H19N. The number of allylic oxidation sites excluding steroid dienone is 4. The lowest BCUT2D eigenvalue weighted by Gasteiger charge is -2.24. The van der Waals surface area contributed by atoms with Crippen molar-refractivity contribution in [3.05, 3.63) is 66.9 Å². The first kappa shape index (κ1) is 12.3. The molecule has 0 aromatic heterocycles. The Morgan fingerprint density at radius 3 is 2.50 bits per heavy atom. The second-order valence-corrected chi connectivity index (χ2v) is 3.41. The Hall–Kier alpha value is -1.76. The number of rotatable bonds is 5. The fourth-order valence-corrected chi connectivity index (χ4v) is 1.65. The largest absolute Gasteiger partial charge is 0.342 e. The number of hydrogen-bond acceptors (Lipinski definition) is 1. The highest BCUT2D eigenvalue weighted by Crippen LogP contribution is 2.19. The van der Waals surface area contributed by atoms with E-state index in [0.29, 0.717) is 0 Å². The van der Waals surface area contributed by atoms with Crippen LogP contribution in [0.25, 0.3) is 0 Å². The lowest BCUT2D eigenvalue weighted by Crippen LogP contribution is -2.20. The number of likely N-dealkylation sites (N-methyl/N-ethyl adjacent to an activating group) is 1. The Morgan fingerprint density at radius 2 is 2.00 bits per heavy atom. The van der Waals surface area contributed by atoms with Gasteiger partial charge in [0, 0.05) is 17.9 Å². The summed E-state index contributed by atoms with van der Waals surface area (Å²) in [5, 5.41) is 0. The van der Waals surface area contributed by atoms with E-state index in [9.17, 15) is 0 Å². The van der Waals surface area contributed by atoms with Gasteiger partial charge in [-0.15, -0.1) is 0 Å². The molecule has 1 nitrogen and oxygen atoms in total. The molecule has 0 radical (unpaired) electrons. The van der Waals surface area contributed by atoms with E-state index in [1.54, 1.807) is 0 Å². The highest BCUT2D eigenvalue weighted by Gasteiger charge is 2.05. The van der Waals surface area contributed by atoms with E-state index in [1.807, 2.05) is 31.2 Å². The predicted molar refractivity (Wildman–Crippen MR) is 72.6 cm³/mol. The van der Waals surface area contributed by atoms with Crippen molar-refractivity contribution in [1.82, 2.24) is 0 Å². The first-order chi connectivity index (χ1) is 7.83. The van der Waals surface area contributed by atoms with Gasteiger partial charge in [0.1, 0.15) is 0 Å². The molecule has 0 N–H and O–H groups in total. The van der Waals surface area contributed by atoms with E-state index in [4.69, 9.17) is 0 Å². The molecule has 0 aliphatic rings. The first-order valence-corrected chi connectivity index (χ1v) is 5.61. The van der Waals surface area contributed by atoms with Crippen molar-refractivity contribution in [1.29, 1.82) is 0 Å². The molecule has 0 amide bonds. The third kappa shape index (κ3) is 3.13. The number of nitrogens with zero attached hydrogens (tertiary/aromatic N) is 1. The van der Waals surface area contributed by atoms with Gasteiger partial charge in [-0.1, -0.05) is 36.9 Å². The standard InChI is InChI=1S/C15H19N/c1-4-10-14(11-5-2)16(6-3)15-12-8-7-9-13-15/h4-5,7-13H,1,6H2,2-3H3/b11-5-,14-10+. The van der Waals surface area contributed by atoms with Gasteiger partial charge in [-0.25, -0.2) is 0 Å². The highest BCUT2D eigenvalue weighted by molar-refractivity contribution is 5.54. The molecule has 0 aliphatic carbocycles. The van der Waals surface area contributed by atoms with Gasteiger partial charge in [0.2, 0.25) is 0 Å². The summed E-state index contributed by atoms with van der Waals surface area (Å²) >= 11 is 0. The van der Waals surface area contributed by atoms with Crippen LogP contribution in [0.2, 0.25) is 0 Å². The van der Waals surface area contributed by atoms with Crippen molar-refractivity contribution in [3.63, 3.8) is 0 Å². The molecule has 84 valence electrons. The van der Waals surface area contributed by atoms with Crippen LogP contribution in [0, 0.1) is 0 Å². The molecule has 0 spiro atoms. The summed E-state index contributed by atoms with van der Waals surface area (Å²) in [5.41, 5.74) is 2.36. The summed E-state index contributed by atoms with van der Waals surface area (Å²) in [5.74, 6) is 0. The smallest absolute Gasteiger partial charge is 0.0410 e. The van der Waals surface area contributed by atoms with Crippen LogP contribution in [0.1, 0.15) is 13.8 Å². The molecule has 1 aromatic rings. The summed E-state index contributed by atoms with van der Waals surface area (Å²) in [7, 11) is 0. The van der Waals surface area contributed by atoms with E-state index < -0.39 is 0 Å². The van der Waals surface area contributed by atoms with E-state index >= 15 is 0 Å². The fraction of sp³-hybridized carbons (Fsp3) is 0.200. The van der Waals surface area contributed by atoms with Gasteiger partial charge in [0.15, 0.2) is 0 Å². The zero-order chi connectivity index (χ0) is 11.8. The monoisotopic (exact) mass is 213 g/mol. The van der Waals surface area contributed by atoms with Crippen LogP contribution in [0.15, 0.2) is 66.9 Å². The Bertz CT molecular complexity index is 374. The molecule has 0 fully saturated rings. The Balaban J connectivity index is 3.05. The van der Waals surface area contributed by atoms with Crippen molar-refractivity contribution >= 4 is 5.69 Å². The Labute approximate surface area is 98.4 Å². The van der Waals surface area contributed by atoms with Gasteiger partial charge < -0.3 is 4.90 Å². The summed E-state index contributed by atoms with van der Waals surface area (Å²) in [6.45, 7) is 8.86. The minimum absolute atomic E-state index is 0.939. The number of para-hydroxylation sites is 1. The summed E-state index contributed by atoms with van der Waals surface area (Å²) in [4.78, 5) is 2.25. The second kappa shape index (κ2) is 6.67. The molecule has 0 saturated heterocycles. The third-order valence-electron chi connectivity index (χ3n) is 2.32. The summed E-state index contributed by atoms with van der Waals surface area (Å²) in [6, 6.07) is 10.4. The first-order valence-electron chi connectivity index (χ1n) is 5.61. The molecular weight excluding hydrogens is 194 g/mol. The molecule has 1 heteroatoms. The molecule has 0 bridgehead atoms. The fourth-order valence-electron chi connectivity index (χ4n) is 1.65. The average Bonchev–Trinajstić information content (AvgIpc) is 2.32. The molecule has 16 heavy (non-hydrogen) atoms.